The second-order valence-corrected chi connectivity index (χ2v) is 5.71. The van der Waals surface area contributed by atoms with Crippen molar-refractivity contribution < 1.29 is 19.1 Å². The lowest BCUT2D eigenvalue weighted by molar-refractivity contribution is -0.173. The number of rotatable bonds is 8. The fourth-order valence-electron chi connectivity index (χ4n) is 2.05. The average molecular weight is 305 g/mol. The molecule has 0 aliphatic heterocycles. The zero-order valence-corrected chi connectivity index (χ0v) is 13.8. The zero-order valence-electron chi connectivity index (χ0n) is 13.0. The Hall–Kier alpha value is -1.03. The lowest BCUT2D eigenvalue weighted by Crippen LogP contribution is -2.43. The van der Waals surface area contributed by atoms with E-state index in [1.165, 1.54) is 0 Å². The quantitative estimate of drug-likeness (QED) is 0.507. The summed E-state index contributed by atoms with van der Waals surface area (Å²) < 4.78 is 10.2. The van der Waals surface area contributed by atoms with Crippen molar-refractivity contribution in [1.82, 2.24) is 0 Å². The van der Waals surface area contributed by atoms with E-state index in [1.54, 1.807) is 26.8 Å². The Kier molecular flexibility index (Phi) is 8.54. The van der Waals surface area contributed by atoms with Gasteiger partial charge in [0.05, 0.1) is 13.2 Å². The maximum atomic E-state index is 12.3. The minimum absolute atomic E-state index is 0.146. The van der Waals surface area contributed by atoms with E-state index in [2.05, 4.69) is 0 Å². The van der Waals surface area contributed by atoms with Crippen molar-refractivity contribution in [3.8, 4) is 0 Å². The van der Waals surface area contributed by atoms with Crippen molar-refractivity contribution in [3.63, 3.8) is 0 Å². The Bertz CT molecular complexity index is 339. The van der Waals surface area contributed by atoms with Gasteiger partial charge in [-0.1, -0.05) is 31.5 Å². The molecule has 0 saturated carbocycles. The molecule has 0 N–H and O–H groups in total. The molecule has 0 unspecified atom stereocenters. The topological polar surface area (TPSA) is 52.6 Å². The van der Waals surface area contributed by atoms with Crippen molar-refractivity contribution >= 4 is 23.5 Å². The molecule has 116 valence electrons. The molecule has 0 aliphatic carbocycles. The van der Waals surface area contributed by atoms with Crippen LogP contribution in [0.15, 0.2) is 11.1 Å². The standard InChI is InChI=1S/C15H25ClO4/c1-6-19-13(17)15(10-11(3)4,9-8-12(5)16)14(18)20-7-2/h8,11H,6-7,9-10H2,1-5H3. The number of halogens is 1. The first-order valence-electron chi connectivity index (χ1n) is 6.96. The largest absolute Gasteiger partial charge is 0.465 e. The second kappa shape index (κ2) is 9.01. The molecule has 0 radical (unpaired) electrons. The fourth-order valence-corrected chi connectivity index (χ4v) is 2.13. The Balaban J connectivity index is 5.54. The summed E-state index contributed by atoms with van der Waals surface area (Å²) in [5, 5.41) is 0.534. The molecule has 20 heavy (non-hydrogen) atoms. The molecule has 0 aromatic rings. The first-order chi connectivity index (χ1) is 9.30. The van der Waals surface area contributed by atoms with E-state index in [9.17, 15) is 9.59 Å². The minimum Gasteiger partial charge on any atom is -0.465 e. The van der Waals surface area contributed by atoms with E-state index in [0.29, 0.717) is 11.5 Å². The van der Waals surface area contributed by atoms with Gasteiger partial charge in [0, 0.05) is 5.03 Å². The fraction of sp³-hybridized carbons (Fsp3) is 0.733. The maximum Gasteiger partial charge on any atom is 0.323 e. The molecule has 0 spiro atoms. The van der Waals surface area contributed by atoms with Crippen molar-refractivity contribution in [2.45, 2.75) is 47.5 Å². The summed E-state index contributed by atoms with van der Waals surface area (Å²) in [6.07, 6.45) is 2.22. The van der Waals surface area contributed by atoms with E-state index >= 15 is 0 Å². The Morgan fingerprint density at radius 1 is 1.15 bits per heavy atom. The van der Waals surface area contributed by atoms with E-state index in [0.717, 1.165) is 0 Å². The molecule has 0 aromatic carbocycles. The number of carbonyl (C=O) groups is 2. The lowest BCUT2D eigenvalue weighted by atomic mass is 9.77. The number of carbonyl (C=O) groups excluding carboxylic acids is 2. The summed E-state index contributed by atoms with van der Waals surface area (Å²) in [6.45, 7) is 9.48. The molecule has 0 aliphatic rings. The van der Waals surface area contributed by atoms with Crippen molar-refractivity contribution in [2.24, 2.45) is 11.3 Å². The number of hydrogen-bond donors (Lipinski definition) is 0. The van der Waals surface area contributed by atoms with E-state index in [-0.39, 0.29) is 25.6 Å². The van der Waals surface area contributed by atoms with Gasteiger partial charge < -0.3 is 9.47 Å². The number of esters is 2. The molecule has 0 saturated heterocycles. The van der Waals surface area contributed by atoms with Crippen LogP contribution < -0.4 is 0 Å². The molecule has 0 bridgehead atoms. The van der Waals surface area contributed by atoms with Gasteiger partial charge in [-0.05, 0) is 39.5 Å². The summed E-state index contributed by atoms with van der Waals surface area (Å²) in [6, 6.07) is 0. The normalized spacial score (nSPS) is 12.4. The third-order valence-electron chi connectivity index (χ3n) is 2.82. The predicted molar refractivity (Wildman–Crippen MR) is 79.4 cm³/mol. The Morgan fingerprint density at radius 2 is 1.60 bits per heavy atom. The van der Waals surface area contributed by atoms with Crippen LogP contribution in [0.25, 0.3) is 0 Å². The van der Waals surface area contributed by atoms with Gasteiger partial charge in [0.1, 0.15) is 0 Å². The molecule has 4 nitrogen and oxygen atoms in total. The van der Waals surface area contributed by atoms with E-state index in [4.69, 9.17) is 21.1 Å². The van der Waals surface area contributed by atoms with Gasteiger partial charge in [-0.15, -0.1) is 0 Å². The molecule has 0 fully saturated rings. The van der Waals surface area contributed by atoms with E-state index < -0.39 is 17.4 Å². The van der Waals surface area contributed by atoms with E-state index in [1.807, 2.05) is 13.8 Å². The van der Waals surface area contributed by atoms with Gasteiger partial charge in [-0.25, -0.2) is 0 Å². The van der Waals surface area contributed by atoms with Crippen molar-refractivity contribution in [3.05, 3.63) is 11.1 Å². The highest BCUT2D eigenvalue weighted by Crippen LogP contribution is 2.35. The summed E-state index contributed by atoms with van der Waals surface area (Å²) in [5.74, 6) is -0.935. The van der Waals surface area contributed by atoms with Gasteiger partial charge in [-0.2, -0.15) is 0 Å². The van der Waals surface area contributed by atoms with Gasteiger partial charge in [0.15, 0.2) is 5.41 Å². The van der Waals surface area contributed by atoms with Crippen molar-refractivity contribution in [2.75, 3.05) is 13.2 Å². The van der Waals surface area contributed by atoms with Crippen LogP contribution >= 0.6 is 11.6 Å². The van der Waals surface area contributed by atoms with Gasteiger partial charge in [0.2, 0.25) is 0 Å². The van der Waals surface area contributed by atoms with Crippen LogP contribution in [0.5, 0.6) is 0 Å². The predicted octanol–water partition coefficient (Wildman–Crippen LogP) is 3.68. The molecule has 0 amide bonds. The zero-order chi connectivity index (χ0) is 15.8. The van der Waals surface area contributed by atoms with Crippen LogP contribution in [0.4, 0.5) is 0 Å². The Labute approximate surface area is 126 Å². The van der Waals surface area contributed by atoms with Crippen LogP contribution in [-0.4, -0.2) is 25.2 Å². The number of hydrogen-bond acceptors (Lipinski definition) is 4. The van der Waals surface area contributed by atoms with Crippen LogP contribution in [0, 0.1) is 11.3 Å². The SMILES string of the molecule is CCOC(=O)C(CC=C(C)Cl)(CC(C)C)C(=O)OCC. The van der Waals surface area contributed by atoms with Crippen molar-refractivity contribution in [1.29, 1.82) is 0 Å². The number of allylic oxidation sites excluding steroid dienone is 2. The molecular formula is C15H25ClO4. The first kappa shape index (κ1) is 19.0. The minimum atomic E-state index is -1.31. The Morgan fingerprint density at radius 3 is 1.90 bits per heavy atom. The molecule has 5 heteroatoms. The summed E-state index contributed by atoms with van der Waals surface area (Å²) in [4.78, 5) is 24.7. The van der Waals surface area contributed by atoms with Gasteiger partial charge in [0.25, 0.3) is 0 Å². The summed E-state index contributed by atoms with van der Waals surface area (Å²) in [5.41, 5.74) is -1.31. The van der Waals surface area contributed by atoms with Gasteiger partial charge in [-0.3, -0.25) is 9.59 Å². The second-order valence-electron chi connectivity index (χ2n) is 5.12. The third-order valence-corrected chi connectivity index (χ3v) is 2.98. The molecule has 0 aromatic heterocycles. The van der Waals surface area contributed by atoms with Crippen LogP contribution in [0.2, 0.25) is 0 Å². The van der Waals surface area contributed by atoms with Crippen LogP contribution in [-0.2, 0) is 19.1 Å². The summed E-state index contributed by atoms with van der Waals surface area (Å²) >= 11 is 5.84. The third kappa shape index (κ3) is 5.53. The highest BCUT2D eigenvalue weighted by Gasteiger charge is 2.48. The maximum absolute atomic E-state index is 12.3. The molecule has 0 heterocycles. The summed E-state index contributed by atoms with van der Waals surface area (Å²) in [7, 11) is 0. The first-order valence-corrected chi connectivity index (χ1v) is 7.34. The highest BCUT2D eigenvalue weighted by atomic mass is 35.5. The molecular weight excluding hydrogens is 280 g/mol. The smallest absolute Gasteiger partial charge is 0.323 e. The molecule has 0 atom stereocenters. The average Bonchev–Trinajstić information content (AvgIpc) is 2.34. The lowest BCUT2D eigenvalue weighted by Gasteiger charge is -2.29. The van der Waals surface area contributed by atoms with Crippen LogP contribution in [0.3, 0.4) is 0 Å². The molecule has 0 rings (SSSR count). The monoisotopic (exact) mass is 304 g/mol. The number of ether oxygens (including phenoxy) is 2. The van der Waals surface area contributed by atoms with Gasteiger partial charge >= 0.3 is 11.9 Å². The highest BCUT2D eigenvalue weighted by molar-refractivity contribution is 6.29. The van der Waals surface area contributed by atoms with Crippen LogP contribution in [0.1, 0.15) is 47.5 Å².